The quantitative estimate of drug-likeness (QED) is 0.210. The number of imidazole rings is 1. The molecule has 0 aliphatic carbocycles. The van der Waals surface area contributed by atoms with Gasteiger partial charge in [-0.3, -0.25) is 9.13 Å². The van der Waals surface area contributed by atoms with E-state index in [9.17, 15) is 0 Å². The number of nitrogens with zero attached hydrogens (tertiary/aromatic N) is 5. The Labute approximate surface area is 465 Å². The largest absolute Gasteiger partial charge is 1.00 e. The summed E-state index contributed by atoms with van der Waals surface area (Å²) in [6, 6.07) is 14.4. The standard InChI is InChI=1S/C27H36N3.C12H28Si2.C11H20N2.C9H21Si.Al.Na/c1-17(2)21-11-9-12-22(18(3)4)25(21)29-15-16-30(27(29)28)26-23(19(5)6)13-10-14-24(26)20(7)8;1-10(2,3)14(13,11(4,5)6)12(7,8)9;1-8(2)12-7-13(9(3)4)11(6)10(12)5;1-8(2,3)10(7)9(4,5)6;;/h9-20H,1-8H3;13H,1-9H3;8-9H,1-6H3;1-7H3;;/q2*-1;;;2*+1. The van der Waals surface area contributed by atoms with Crippen LogP contribution in [0.4, 0.5) is 0 Å². The van der Waals surface area contributed by atoms with Gasteiger partial charge in [-0.1, -0.05) is 217 Å². The first-order valence-corrected chi connectivity index (χ1v) is 32.3. The molecule has 69 heavy (non-hydrogen) atoms. The minimum Gasteiger partial charge on any atom is -0.447 e. The molecule has 0 N–H and O–H groups in total. The zero-order valence-electron chi connectivity index (χ0n) is 51.0. The van der Waals surface area contributed by atoms with Crippen molar-refractivity contribution in [3.8, 4) is 11.4 Å². The molecule has 0 fully saturated rings. The molecule has 2 heterocycles. The van der Waals surface area contributed by atoms with Crippen molar-refractivity contribution >= 4 is 42.7 Å². The number of hydrogen-bond donors (Lipinski definition) is 0. The summed E-state index contributed by atoms with van der Waals surface area (Å²) in [4.78, 5) is 4.41. The zero-order chi connectivity index (χ0) is 53.6. The van der Waals surface area contributed by atoms with Crippen LogP contribution in [0.3, 0.4) is 0 Å². The molecule has 1 aliphatic heterocycles. The van der Waals surface area contributed by atoms with E-state index in [0.29, 0.717) is 60.9 Å². The van der Waals surface area contributed by atoms with Crippen molar-refractivity contribution in [2.45, 2.75) is 268 Å². The predicted molar refractivity (Wildman–Crippen MR) is 311 cm³/mol. The van der Waals surface area contributed by atoms with Crippen LogP contribution in [-0.2, 0) is 0 Å². The van der Waals surface area contributed by atoms with Crippen LogP contribution in [0.25, 0.3) is 11.4 Å². The van der Waals surface area contributed by atoms with Crippen LogP contribution in [0.2, 0.25) is 31.7 Å². The molecule has 0 bridgehead atoms. The molecule has 1 aliphatic rings. The predicted octanol–water partition coefficient (Wildman–Crippen LogP) is 14.4. The Hall–Kier alpha value is -1.03. The molecule has 4 rings (SSSR count). The topological polar surface area (TPSA) is 28.7 Å². The molecular weight excluding hydrogens is 913 g/mol. The third-order valence-electron chi connectivity index (χ3n) is 14.4. The number of para-hydroxylation sites is 2. The van der Waals surface area contributed by atoms with Crippen molar-refractivity contribution in [3.63, 3.8) is 0 Å². The molecule has 0 atom stereocenters. The van der Waals surface area contributed by atoms with Gasteiger partial charge < -0.3 is 23.5 Å². The van der Waals surface area contributed by atoms with E-state index in [-0.39, 0.29) is 38.4 Å². The van der Waals surface area contributed by atoms with Gasteiger partial charge in [-0.05, 0) is 97.5 Å². The van der Waals surface area contributed by atoms with Crippen molar-refractivity contribution in [2.75, 3.05) is 0 Å². The average Bonchev–Trinajstić information content (AvgIpc) is 3.75. The van der Waals surface area contributed by atoms with E-state index in [1.54, 1.807) is 0 Å². The Balaban J connectivity index is 0.00000101. The van der Waals surface area contributed by atoms with E-state index in [1.807, 2.05) is 0 Å². The van der Waals surface area contributed by atoms with Crippen molar-refractivity contribution in [1.29, 1.82) is 0 Å². The molecule has 5 nitrogen and oxygen atoms in total. The van der Waals surface area contributed by atoms with E-state index >= 15 is 0 Å². The summed E-state index contributed by atoms with van der Waals surface area (Å²) >= 11 is 2.60. The molecule has 0 saturated heterocycles. The van der Waals surface area contributed by atoms with Crippen LogP contribution in [-0.4, -0.2) is 73.7 Å². The number of benzene rings is 2. The van der Waals surface area contributed by atoms with Gasteiger partial charge in [0.05, 0.1) is 20.2 Å². The number of rotatable bonds is 8. The molecule has 0 amide bonds. The Bertz CT molecular complexity index is 1930. The maximum absolute atomic E-state index is 4.73. The van der Waals surface area contributed by atoms with Crippen LogP contribution in [0, 0.1) is 6.67 Å². The smallest absolute Gasteiger partial charge is 0.447 e. The number of aromatic nitrogens is 2. The second-order valence-electron chi connectivity index (χ2n) is 26.5. The average molecular weight is 1020 g/mol. The Morgan fingerprint density at radius 2 is 0.768 bits per heavy atom. The minimum absolute atomic E-state index is 0. The third-order valence-corrected chi connectivity index (χ3v) is 34.0. The molecule has 6 radical (unpaired) electrons. The van der Waals surface area contributed by atoms with Crippen LogP contribution >= 0.6 is 0 Å². The zero-order valence-corrected chi connectivity index (χ0v) is 57.3. The van der Waals surface area contributed by atoms with Crippen LogP contribution in [0.15, 0.2) is 64.2 Å². The summed E-state index contributed by atoms with van der Waals surface area (Å²) < 4.78 is 9.28. The maximum atomic E-state index is 4.73. The first kappa shape index (κ1) is 68.0. The summed E-state index contributed by atoms with van der Waals surface area (Å²) in [5, 5.41) is 2.36. The van der Waals surface area contributed by atoms with Gasteiger partial charge in [0.2, 0.25) is 6.67 Å². The number of hydrogen-bond acceptors (Lipinski definition) is 3. The van der Waals surface area contributed by atoms with E-state index < -0.39 is 7.59 Å². The number of allylic oxidation sites excluding steroid dienone is 2. The fourth-order valence-corrected chi connectivity index (χ4v) is 19.8. The van der Waals surface area contributed by atoms with Gasteiger partial charge in [-0.2, -0.15) is 0 Å². The molecular formula is C59H105AlN5NaSi3. The van der Waals surface area contributed by atoms with Gasteiger partial charge >= 0.3 is 46.1 Å². The van der Waals surface area contributed by atoms with E-state index in [2.05, 4.69) is 308 Å². The molecule has 1 aromatic heterocycles. The van der Waals surface area contributed by atoms with Crippen molar-refractivity contribution in [3.05, 3.63) is 94.7 Å². The summed E-state index contributed by atoms with van der Waals surface area (Å²) in [7, 11) is 1.63. The van der Waals surface area contributed by atoms with Gasteiger partial charge in [0.25, 0.3) is 0 Å². The van der Waals surface area contributed by atoms with E-state index in [1.165, 1.54) is 45.0 Å². The van der Waals surface area contributed by atoms with Gasteiger partial charge in [0.15, 0.2) is 5.62 Å². The molecule has 3 aromatic rings. The summed E-state index contributed by atoms with van der Waals surface area (Å²) in [5.41, 5.74) is 11.5. The second kappa shape index (κ2) is 26.5. The van der Waals surface area contributed by atoms with Crippen LogP contribution < -0.4 is 35.2 Å². The monoisotopic (exact) mass is 1020 g/mol. The first-order valence-electron chi connectivity index (χ1n) is 26.0. The molecule has 0 spiro atoms. The fraction of sp³-hybridized carbons (Fsp3) is 0.695. The fourth-order valence-electron chi connectivity index (χ4n) is 10.6. The molecule has 0 unspecified atom stereocenters. The SMILES string of the molecule is CC(C)(C)[Si]([SiH-])(C(C)(C)C)C(C)(C)C.CC(C)c1cccc(C(C)C)c1-n1ccn(-c2c(C(C)C)cccc2C(C)C)c1=[N][Al].CC1=C(C)N(C(C)C)[C]N1C(C)C.C[Si](C(C)(C)C)C(C)(C)C.[Na+]. The van der Waals surface area contributed by atoms with Gasteiger partial charge in [-0.25, -0.2) is 0 Å². The minimum atomic E-state index is -1.44. The van der Waals surface area contributed by atoms with Gasteiger partial charge in [-0.15, -0.1) is 7.59 Å². The molecule has 0 saturated carbocycles. The van der Waals surface area contributed by atoms with Crippen molar-refractivity contribution in [2.24, 2.45) is 3.98 Å². The van der Waals surface area contributed by atoms with E-state index in [0.717, 1.165) is 5.62 Å². The van der Waals surface area contributed by atoms with Gasteiger partial charge in [0.1, 0.15) is 0 Å². The summed E-state index contributed by atoms with van der Waals surface area (Å²) in [6.07, 6.45) is 4.36. The Morgan fingerprint density at radius 1 is 0.522 bits per heavy atom. The van der Waals surface area contributed by atoms with Crippen molar-refractivity contribution in [1.82, 2.24) is 18.9 Å². The third kappa shape index (κ3) is 17.0. The van der Waals surface area contributed by atoms with E-state index in [4.69, 9.17) is 3.98 Å². The van der Waals surface area contributed by atoms with Crippen LogP contribution in [0.5, 0.6) is 0 Å². The Kier molecular flexibility index (Phi) is 26.1. The summed E-state index contributed by atoms with van der Waals surface area (Å²) in [6.45, 7) is 72.8. The van der Waals surface area contributed by atoms with Crippen molar-refractivity contribution < 1.29 is 29.6 Å². The Morgan fingerprint density at radius 3 is 0.899 bits per heavy atom. The van der Waals surface area contributed by atoms with Crippen LogP contribution in [0.1, 0.15) is 247 Å². The second-order valence-corrected chi connectivity index (χ2v) is 39.8. The molecule has 2 aromatic carbocycles. The maximum Gasteiger partial charge on any atom is 1.00 e. The molecule has 10 heteroatoms. The first-order chi connectivity index (χ1) is 30.5. The molecule has 382 valence electrons. The van der Waals surface area contributed by atoms with Gasteiger partial charge in [0, 0.05) is 35.9 Å². The normalized spacial score (nSPS) is 14.1. The summed E-state index contributed by atoms with van der Waals surface area (Å²) in [5.74, 6) is 1.71.